The first-order chi connectivity index (χ1) is 13.0. The second-order valence-electron chi connectivity index (χ2n) is 5.45. The predicted octanol–water partition coefficient (Wildman–Crippen LogP) is 3.40. The van der Waals surface area contributed by atoms with Crippen molar-refractivity contribution >= 4 is 29.2 Å². The number of nitrogens with zero attached hydrogens (tertiary/aromatic N) is 2. The van der Waals surface area contributed by atoms with Gasteiger partial charge in [0.15, 0.2) is 0 Å². The molecular weight excluding hydrogens is 351 g/mol. The number of ether oxygens (including phenoxy) is 1. The fraction of sp³-hybridized carbons (Fsp3) is 0.0526. The largest absolute Gasteiger partial charge is 0.465 e. The van der Waals surface area contributed by atoms with E-state index in [9.17, 15) is 14.0 Å². The van der Waals surface area contributed by atoms with Crippen LogP contribution in [0, 0.1) is 5.82 Å². The van der Waals surface area contributed by atoms with Crippen molar-refractivity contribution in [2.75, 3.05) is 17.7 Å². The molecule has 0 spiro atoms. The first-order valence-electron chi connectivity index (χ1n) is 7.89. The SMILES string of the molecule is COC(=O)c1ccc(Nc2ncc(C(=O)Nc3cccc(F)c3)cn2)cc1. The molecule has 1 amide bonds. The highest BCUT2D eigenvalue weighted by atomic mass is 19.1. The molecule has 27 heavy (non-hydrogen) atoms. The zero-order chi connectivity index (χ0) is 19.2. The van der Waals surface area contributed by atoms with Crippen LogP contribution >= 0.6 is 0 Å². The van der Waals surface area contributed by atoms with Gasteiger partial charge in [0, 0.05) is 23.8 Å². The average Bonchev–Trinajstić information content (AvgIpc) is 2.68. The number of benzene rings is 2. The summed E-state index contributed by atoms with van der Waals surface area (Å²) >= 11 is 0. The summed E-state index contributed by atoms with van der Waals surface area (Å²) in [6.45, 7) is 0. The van der Waals surface area contributed by atoms with Gasteiger partial charge in [0.05, 0.1) is 18.2 Å². The molecule has 2 N–H and O–H groups in total. The number of anilines is 3. The zero-order valence-electron chi connectivity index (χ0n) is 14.3. The van der Waals surface area contributed by atoms with Gasteiger partial charge in [0.2, 0.25) is 5.95 Å². The quantitative estimate of drug-likeness (QED) is 0.672. The molecule has 0 saturated heterocycles. The van der Waals surface area contributed by atoms with E-state index in [1.807, 2.05) is 0 Å². The molecule has 0 saturated carbocycles. The molecule has 0 aliphatic rings. The molecule has 3 aromatic rings. The van der Waals surface area contributed by atoms with E-state index in [2.05, 4.69) is 25.3 Å². The molecule has 1 heterocycles. The third-order valence-electron chi connectivity index (χ3n) is 3.56. The number of esters is 1. The number of nitrogens with one attached hydrogen (secondary N) is 2. The highest BCUT2D eigenvalue weighted by Gasteiger charge is 2.09. The number of hydrogen-bond donors (Lipinski definition) is 2. The molecule has 8 heteroatoms. The minimum atomic E-state index is -0.449. The number of hydrogen-bond acceptors (Lipinski definition) is 6. The summed E-state index contributed by atoms with van der Waals surface area (Å²) in [6, 6.07) is 12.2. The molecule has 7 nitrogen and oxygen atoms in total. The van der Waals surface area contributed by atoms with Gasteiger partial charge in [0.25, 0.3) is 5.91 Å². The molecule has 3 rings (SSSR count). The maximum atomic E-state index is 13.2. The highest BCUT2D eigenvalue weighted by Crippen LogP contribution is 2.15. The number of halogens is 1. The number of amides is 1. The van der Waals surface area contributed by atoms with Crippen LogP contribution in [-0.2, 0) is 4.74 Å². The maximum absolute atomic E-state index is 13.2. The van der Waals surface area contributed by atoms with Gasteiger partial charge in [-0.15, -0.1) is 0 Å². The van der Waals surface area contributed by atoms with Crippen LogP contribution in [0.15, 0.2) is 60.9 Å². The Balaban J connectivity index is 1.64. The maximum Gasteiger partial charge on any atom is 0.337 e. The van der Waals surface area contributed by atoms with Crippen LogP contribution < -0.4 is 10.6 Å². The zero-order valence-corrected chi connectivity index (χ0v) is 14.3. The second-order valence-corrected chi connectivity index (χ2v) is 5.45. The van der Waals surface area contributed by atoms with Crippen LogP contribution in [0.5, 0.6) is 0 Å². The van der Waals surface area contributed by atoms with Gasteiger partial charge in [-0.05, 0) is 42.5 Å². The van der Waals surface area contributed by atoms with Gasteiger partial charge in [0.1, 0.15) is 5.82 Å². The van der Waals surface area contributed by atoms with E-state index in [0.29, 0.717) is 16.9 Å². The normalized spacial score (nSPS) is 10.1. The van der Waals surface area contributed by atoms with Gasteiger partial charge in [-0.1, -0.05) is 6.07 Å². The lowest BCUT2D eigenvalue weighted by Crippen LogP contribution is -2.13. The molecule has 0 fully saturated rings. The molecule has 1 aromatic heterocycles. The van der Waals surface area contributed by atoms with E-state index in [1.54, 1.807) is 30.3 Å². The van der Waals surface area contributed by atoms with Crippen molar-refractivity contribution in [3.05, 3.63) is 77.9 Å². The smallest absolute Gasteiger partial charge is 0.337 e. The number of carbonyl (C=O) groups excluding carboxylic acids is 2. The Kier molecular flexibility index (Phi) is 5.36. The third kappa shape index (κ3) is 4.63. The Bertz CT molecular complexity index is 959. The van der Waals surface area contributed by atoms with Crippen LogP contribution in [0.4, 0.5) is 21.7 Å². The third-order valence-corrected chi connectivity index (χ3v) is 3.56. The monoisotopic (exact) mass is 366 g/mol. The standard InChI is InChI=1S/C19H15FN4O3/c1-27-18(26)12-5-7-15(8-6-12)24-19-21-10-13(11-22-19)17(25)23-16-4-2-3-14(20)9-16/h2-11H,1H3,(H,23,25)(H,21,22,24). The molecule has 0 radical (unpaired) electrons. The van der Waals surface area contributed by atoms with Gasteiger partial charge >= 0.3 is 5.97 Å². The first kappa shape index (κ1) is 18.0. The van der Waals surface area contributed by atoms with E-state index in [4.69, 9.17) is 0 Å². The minimum absolute atomic E-state index is 0.228. The summed E-state index contributed by atoms with van der Waals surface area (Å²) in [5.41, 5.74) is 1.66. The highest BCUT2D eigenvalue weighted by molar-refractivity contribution is 6.03. The molecule has 0 bridgehead atoms. The van der Waals surface area contributed by atoms with Crippen LogP contribution in [0.3, 0.4) is 0 Å². The second kappa shape index (κ2) is 8.05. The van der Waals surface area contributed by atoms with Crippen molar-refractivity contribution < 1.29 is 18.7 Å². The minimum Gasteiger partial charge on any atom is -0.465 e. The fourth-order valence-corrected chi connectivity index (χ4v) is 2.22. The number of carbonyl (C=O) groups is 2. The van der Waals surface area contributed by atoms with E-state index in [1.165, 1.54) is 37.7 Å². The summed E-state index contributed by atoms with van der Waals surface area (Å²) in [4.78, 5) is 31.7. The van der Waals surface area contributed by atoms with Crippen LogP contribution in [0.2, 0.25) is 0 Å². The van der Waals surface area contributed by atoms with Crippen molar-refractivity contribution in [1.29, 1.82) is 0 Å². The van der Waals surface area contributed by atoms with Crippen molar-refractivity contribution in [3.63, 3.8) is 0 Å². The Hall–Kier alpha value is -3.81. The number of aromatic nitrogens is 2. The summed E-state index contributed by atoms with van der Waals surface area (Å²) in [6.07, 6.45) is 2.71. The molecule has 0 aliphatic carbocycles. The van der Waals surface area contributed by atoms with Gasteiger partial charge in [-0.25, -0.2) is 19.2 Å². The number of methoxy groups -OCH3 is 1. The van der Waals surface area contributed by atoms with Crippen molar-refractivity contribution in [2.24, 2.45) is 0 Å². The van der Waals surface area contributed by atoms with Crippen molar-refractivity contribution in [1.82, 2.24) is 9.97 Å². The average molecular weight is 366 g/mol. The summed E-state index contributed by atoms with van der Waals surface area (Å²) in [5, 5.41) is 5.52. The van der Waals surface area contributed by atoms with Gasteiger partial charge in [-0.2, -0.15) is 0 Å². The Morgan fingerprint density at radius 2 is 1.67 bits per heavy atom. The summed E-state index contributed by atoms with van der Waals surface area (Å²) < 4.78 is 17.8. The van der Waals surface area contributed by atoms with Gasteiger partial charge < -0.3 is 15.4 Å². The van der Waals surface area contributed by atoms with E-state index in [-0.39, 0.29) is 11.5 Å². The van der Waals surface area contributed by atoms with E-state index >= 15 is 0 Å². The Morgan fingerprint density at radius 3 is 2.30 bits per heavy atom. The first-order valence-corrected chi connectivity index (χ1v) is 7.89. The van der Waals surface area contributed by atoms with Crippen LogP contribution in [0.1, 0.15) is 20.7 Å². The lowest BCUT2D eigenvalue weighted by Gasteiger charge is -2.07. The Labute approximate surface area is 154 Å². The van der Waals surface area contributed by atoms with Crippen molar-refractivity contribution in [2.45, 2.75) is 0 Å². The summed E-state index contributed by atoms with van der Waals surface area (Å²) in [5.74, 6) is -1.04. The van der Waals surface area contributed by atoms with Gasteiger partial charge in [-0.3, -0.25) is 4.79 Å². The predicted molar refractivity (Wildman–Crippen MR) is 97.4 cm³/mol. The Morgan fingerprint density at radius 1 is 0.963 bits per heavy atom. The van der Waals surface area contributed by atoms with Crippen molar-refractivity contribution in [3.8, 4) is 0 Å². The fourth-order valence-electron chi connectivity index (χ4n) is 2.22. The number of rotatable bonds is 5. The lowest BCUT2D eigenvalue weighted by atomic mass is 10.2. The van der Waals surface area contributed by atoms with E-state index in [0.717, 1.165) is 0 Å². The molecule has 0 unspecified atom stereocenters. The topological polar surface area (TPSA) is 93.2 Å². The molecule has 0 aliphatic heterocycles. The molecule has 0 atom stereocenters. The van der Waals surface area contributed by atoms with Crippen LogP contribution in [-0.4, -0.2) is 29.0 Å². The van der Waals surface area contributed by atoms with E-state index < -0.39 is 17.7 Å². The van der Waals surface area contributed by atoms with Crippen LogP contribution in [0.25, 0.3) is 0 Å². The summed E-state index contributed by atoms with van der Waals surface area (Å²) in [7, 11) is 1.31. The molecular formula is C19H15FN4O3. The molecule has 2 aromatic carbocycles. The lowest BCUT2D eigenvalue weighted by molar-refractivity contribution is 0.0600. The molecule has 136 valence electrons.